The summed E-state index contributed by atoms with van der Waals surface area (Å²) in [6.45, 7) is 0. The number of amides is 1. The highest BCUT2D eigenvalue weighted by molar-refractivity contribution is 9.11. The summed E-state index contributed by atoms with van der Waals surface area (Å²) in [5.74, 6) is -1.59. The van der Waals surface area contributed by atoms with Crippen molar-refractivity contribution in [2.24, 2.45) is 0 Å². The number of anilines is 1. The minimum atomic E-state index is -1.14. The zero-order valence-corrected chi connectivity index (χ0v) is 16.5. The lowest BCUT2D eigenvalue weighted by atomic mass is 10.2. The first-order chi connectivity index (χ1) is 11.3. The Kier molecular flexibility index (Phi) is 6.34. The van der Waals surface area contributed by atoms with E-state index in [0.29, 0.717) is 19.5 Å². The summed E-state index contributed by atoms with van der Waals surface area (Å²) >= 11 is 17.4. The van der Waals surface area contributed by atoms with Crippen molar-refractivity contribution in [3.05, 3.63) is 61.5 Å². The molecule has 24 heavy (non-hydrogen) atoms. The van der Waals surface area contributed by atoms with Crippen molar-refractivity contribution in [2.75, 3.05) is 5.32 Å². The third-order valence-corrected chi connectivity index (χ3v) is 4.36. The van der Waals surface area contributed by atoms with Crippen molar-refractivity contribution in [3.63, 3.8) is 0 Å². The molecule has 0 aliphatic carbocycles. The maximum absolute atomic E-state index is 12.1. The van der Waals surface area contributed by atoms with Crippen LogP contribution < -0.4 is 10.6 Å². The average molecular weight is 493 g/mol. The van der Waals surface area contributed by atoms with Gasteiger partial charge in [-0.05, 0) is 58.5 Å². The maximum Gasteiger partial charge on any atom is 0.337 e. The molecule has 0 saturated carbocycles. The van der Waals surface area contributed by atoms with Gasteiger partial charge in [0.05, 0.1) is 11.3 Å². The maximum atomic E-state index is 12.1. The fourth-order valence-electron chi connectivity index (χ4n) is 1.82. The van der Waals surface area contributed by atoms with Crippen molar-refractivity contribution >= 4 is 78.4 Å². The molecule has 9 heteroatoms. The number of rotatable bonds is 3. The molecule has 0 heterocycles. The van der Waals surface area contributed by atoms with E-state index in [4.69, 9.17) is 23.8 Å². The van der Waals surface area contributed by atoms with E-state index >= 15 is 0 Å². The Bertz CT molecular complexity index is 845. The molecule has 0 aliphatic heterocycles. The van der Waals surface area contributed by atoms with Crippen molar-refractivity contribution in [2.45, 2.75) is 0 Å². The monoisotopic (exact) mass is 490 g/mol. The van der Waals surface area contributed by atoms with Crippen molar-refractivity contribution in [3.8, 4) is 0 Å². The normalized spacial score (nSPS) is 10.1. The van der Waals surface area contributed by atoms with Gasteiger partial charge >= 0.3 is 5.97 Å². The van der Waals surface area contributed by atoms with Gasteiger partial charge < -0.3 is 10.4 Å². The smallest absolute Gasteiger partial charge is 0.337 e. The number of hydrogen-bond acceptors (Lipinski definition) is 3. The van der Waals surface area contributed by atoms with Crippen LogP contribution in [0.1, 0.15) is 20.7 Å². The highest BCUT2D eigenvalue weighted by Gasteiger charge is 2.17. The van der Waals surface area contributed by atoms with Crippen LogP contribution >= 0.6 is 55.7 Å². The van der Waals surface area contributed by atoms with Crippen molar-refractivity contribution in [1.82, 2.24) is 5.32 Å². The first-order valence-corrected chi connectivity index (χ1v) is 8.75. The molecule has 0 aliphatic rings. The van der Waals surface area contributed by atoms with Crippen LogP contribution in [0.15, 0.2) is 45.3 Å². The molecule has 0 saturated heterocycles. The number of benzene rings is 2. The fourth-order valence-corrected chi connectivity index (χ4v) is 3.53. The Balaban J connectivity index is 2.18. The topological polar surface area (TPSA) is 78.4 Å². The molecule has 1 amide bonds. The SMILES string of the molecule is O=C(NC(=S)Nc1c(Br)cc(Br)cc1C(=O)O)c1cccc(Cl)c1. The molecule has 0 bridgehead atoms. The van der Waals surface area contributed by atoms with E-state index in [0.717, 1.165) is 0 Å². The fraction of sp³-hybridized carbons (Fsp3) is 0. The molecule has 5 nitrogen and oxygen atoms in total. The average Bonchev–Trinajstić information content (AvgIpc) is 2.49. The molecule has 0 aromatic heterocycles. The minimum Gasteiger partial charge on any atom is -0.478 e. The van der Waals surface area contributed by atoms with Crippen LogP contribution in [-0.4, -0.2) is 22.1 Å². The number of aromatic carboxylic acids is 1. The lowest BCUT2D eigenvalue weighted by Crippen LogP contribution is -2.34. The zero-order chi connectivity index (χ0) is 17.9. The predicted octanol–water partition coefficient (Wildman–Crippen LogP) is 4.69. The highest BCUT2D eigenvalue weighted by atomic mass is 79.9. The quantitative estimate of drug-likeness (QED) is 0.542. The third kappa shape index (κ3) is 4.76. The van der Waals surface area contributed by atoms with Crippen LogP contribution in [0.4, 0.5) is 5.69 Å². The van der Waals surface area contributed by atoms with Crippen LogP contribution in [-0.2, 0) is 0 Å². The molecule has 0 fully saturated rings. The Morgan fingerprint density at radius 1 is 1.17 bits per heavy atom. The Morgan fingerprint density at radius 2 is 1.88 bits per heavy atom. The Morgan fingerprint density at radius 3 is 2.50 bits per heavy atom. The van der Waals surface area contributed by atoms with E-state index in [-0.39, 0.29) is 16.4 Å². The van der Waals surface area contributed by atoms with Gasteiger partial charge in [-0.25, -0.2) is 4.79 Å². The molecule has 0 spiro atoms. The van der Waals surface area contributed by atoms with E-state index in [1.165, 1.54) is 12.1 Å². The zero-order valence-electron chi connectivity index (χ0n) is 11.8. The molecule has 0 radical (unpaired) electrons. The number of carbonyl (C=O) groups is 2. The second kappa shape index (κ2) is 8.06. The van der Waals surface area contributed by atoms with Crippen molar-refractivity contribution < 1.29 is 14.7 Å². The van der Waals surface area contributed by atoms with Crippen LogP contribution in [0, 0.1) is 0 Å². The first kappa shape index (κ1) is 18.9. The van der Waals surface area contributed by atoms with Gasteiger partial charge in [-0.3, -0.25) is 10.1 Å². The van der Waals surface area contributed by atoms with E-state index in [2.05, 4.69) is 42.5 Å². The molecule has 2 aromatic rings. The number of carboxylic acid groups (broad SMARTS) is 1. The van der Waals surface area contributed by atoms with Crippen LogP contribution in [0.5, 0.6) is 0 Å². The van der Waals surface area contributed by atoms with Crippen LogP contribution in [0.2, 0.25) is 5.02 Å². The van der Waals surface area contributed by atoms with Crippen LogP contribution in [0.25, 0.3) is 0 Å². The molecule has 124 valence electrons. The first-order valence-electron chi connectivity index (χ1n) is 6.38. The number of nitrogens with one attached hydrogen (secondary N) is 2. The molecular weight excluding hydrogens is 484 g/mol. The summed E-state index contributed by atoms with van der Waals surface area (Å²) in [5, 5.41) is 14.9. The van der Waals surface area contributed by atoms with Gasteiger partial charge in [0.2, 0.25) is 0 Å². The summed E-state index contributed by atoms with van der Waals surface area (Å²) < 4.78 is 1.07. The summed E-state index contributed by atoms with van der Waals surface area (Å²) in [5.41, 5.74) is 0.567. The molecule has 2 aromatic carbocycles. The van der Waals surface area contributed by atoms with Gasteiger partial charge in [0.25, 0.3) is 5.91 Å². The Labute approximate surface area is 164 Å². The van der Waals surface area contributed by atoms with Crippen LogP contribution in [0.3, 0.4) is 0 Å². The Hall–Kier alpha value is -1.48. The predicted molar refractivity (Wildman–Crippen MR) is 104 cm³/mol. The number of halogens is 3. The van der Waals surface area contributed by atoms with Gasteiger partial charge in [-0.1, -0.05) is 33.6 Å². The third-order valence-electron chi connectivity index (χ3n) is 2.84. The molecule has 3 N–H and O–H groups in total. The summed E-state index contributed by atoms with van der Waals surface area (Å²) in [4.78, 5) is 23.5. The van der Waals surface area contributed by atoms with E-state index in [9.17, 15) is 14.7 Å². The number of hydrogen-bond donors (Lipinski definition) is 3. The number of carboxylic acids is 1. The minimum absolute atomic E-state index is 0.00407. The largest absolute Gasteiger partial charge is 0.478 e. The summed E-state index contributed by atoms with van der Waals surface area (Å²) in [7, 11) is 0. The molecular formula is C15H9Br2ClN2O3S. The summed E-state index contributed by atoms with van der Waals surface area (Å²) in [6.07, 6.45) is 0. The second-order valence-electron chi connectivity index (χ2n) is 4.53. The lowest BCUT2D eigenvalue weighted by molar-refractivity contribution is 0.0697. The molecule has 0 atom stereocenters. The standard InChI is InChI=1S/C15H9Br2ClN2O3S/c16-8-5-10(14(22)23)12(11(17)6-8)19-15(24)20-13(21)7-2-1-3-9(18)4-7/h1-6H,(H,22,23)(H2,19,20,21,24). The highest BCUT2D eigenvalue weighted by Crippen LogP contribution is 2.30. The van der Waals surface area contributed by atoms with Gasteiger partial charge in [-0.15, -0.1) is 0 Å². The number of carbonyl (C=O) groups excluding carboxylic acids is 1. The second-order valence-corrected chi connectivity index (χ2v) is 7.15. The summed E-state index contributed by atoms with van der Waals surface area (Å²) in [6, 6.07) is 9.46. The van der Waals surface area contributed by atoms with Gasteiger partial charge in [0, 0.05) is 19.5 Å². The lowest BCUT2D eigenvalue weighted by Gasteiger charge is -2.14. The van der Waals surface area contributed by atoms with E-state index in [1.807, 2.05) is 0 Å². The van der Waals surface area contributed by atoms with Gasteiger partial charge in [0.1, 0.15) is 0 Å². The van der Waals surface area contributed by atoms with E-state index in [1.54, 1.807) is 24.3 Å². The van der Waals surface area contributed by atoms with Gasteiger partial charge in [0.15, 0.2) is 5.11 Å². The van der Waals surface area contributed by atoms with Gasteiger partial charge in [-0.2, -0.15) is 0 Å². The van der Waals surface area contributed by atoms with E-state index < -0.39 is 11.9 Å². The molecule has 2 rings (SSSR count). The van der Waals surface area contributed by atoms with Crippen molar-refractivity contribution in [1.29, 1.82) is 0 Å². The molecule has 0 unspecified atom stereocenters. The number of thiocarbonyl (C=S) groups is 1.